The number of fused-ring (bicyclic) bond motifs is 3. The van der Waals surface area contributed by atoms with Crippen LogP contribution in [0.25, 0.3) is 27.4 Å². The number of allylic oxidation sites excluding steroid dienone is 1. The van der Waals surface area contributed by atoms with Gasteiger partial charge in [-0.3, -0.25) is 20.0 Å². The van der Waals surface area contributed by atoms with Crippen molar-refractivity contribution >= 4 is 69.3 Å². The van der Waals surface area contributed by atoms with E-state index in [0.717, 1.165) is 34.7 Å². The molecule has 0 aliphatic rings. The fourth-order valence-electron chi connectivity index (χ4n) is 8.68. The Morgan fingerprint density at radius 2 is 0.849 bits per heavy atom. The number of anilines is 3. The van der Waals surface area contributed by atoms with E-state index >= 15 is 0 Å². The molecule has 0 bridgehead atoms. The summed E-state index contributed by atoms with van der Waals surface area (Å²) in [6.45, 7) is 3.18. The van der Waals surface area contributed by atoms with Gasteiger partial charge in [-0.25, -0.2) is 0 Å². The van der Waals surface area contributed by atoms with Crippen LogP contribution in [0.5, 0.6) is 0 Å². The predicted octanol–water partition coefficient (Wildman–Crippen LogP) is 16.4. The molecule has 0 N–H and O–H groups in total. The van der Waals surface area contributed by atoms with Crippen LogP contribution in [0.4, 0.5) is 17.1 Å². The highest BCUT2D eigenvalue weighted by Crippen LogP contribution is 2.34. The maximum absolute atomic E-state index is 4.16. The smallest absolute Gasteiger partial charge is 0.0491 e. The van der Waals surface area contributed by atoms with Crippen LogP contribution in [0.2, 0.25) is 0 Å². The molecule has 73 heavy (non-hydrogen) atoms. The Labute approximate surface area is 432 Å². The molecule has 0 aliphatic carbocycles. The largest absolute Gasteiger partial charge is 0.341 e. The van der Waals surface area contributed by atoms with Crippen LogP contribution in [0, 0.1) is 0 Å². The van der Waals surface area contributed by atoms with Gasteiger partial charge in [0.1, 0.15) is 0 Å². The highest BCUT2D eigenvalue weighted by atomic mass is 15.1. The minimum atomic E-state index is 0.257. The zero-order valence-electron chi connectivity index (χ0n) is 42.5. The van der Waals surface area contributed by atoms with Gasteiger partial charge in [0.2, 0.25) is 0 Å². The number of rotatable bonds is 12. The Hall–Kier alpha value is -9.00. The van der Waals surface area contributed by atoms with Crippen molar-refractivity contribution in [3.8, 4) is 0 Å². The summed E-state index contributed by atoms with van der Waals surface area (Å²) in [5, 5.41) is 2.63. The number of benzene rings is 9. The topological polar surface area (TPSA) is 57.6 Å². The number of hydrogen-bond donors (Lipinski definition) is 0. The fourth-order valence-corrected chi connectivity index (χ4v) is 8.68. The third-order valence-electron chi connectivity index (χ3n) is 12.0. The molecule has 0 atom stereocenters. The Bertz CT molecular complexity index is 3210. The SMILES string of the molecule is CCn1c2ccccc2c2cc(C=NC)ccc21.CN=CC(c1ccccc1)c1ccccc1.CN=CC=C(c1ccccc1)c1ccccc1.CN=Cc1ccc(N(c2ccccc2)c2ccccc2)cc1. The first-order valence-corrected chi connectivity index (χ1v) is 24.7. The number of para-hydroxylation sites is 3. The lowest BCUT2D eigenvalue weighted by molar-refractivity contribution is 0.827. The maximum atomic E-state index is 4.16. The molecule has 362 valence electrons. The van der Waals surface area contributed by atoms with Crippen LogP contribution in [0.1, 0.15) is 46.2 Å². The average Bonchev–Trinajstić information content (AvgIpc) is 3.78. The molecule has 6 nitrogen and oxygen atoms in total. The van der Waals surface area contributed by atoms with Gasteiger partial charge in [0.15, 0.2) is 0 Å². The van der Waals surface area contributed by atoms with E-state index in [2.05, 4.69) is 249 Å². The van der Waals surface area contributed by atoms with Crippen LogP contribution in [-0.4, -0.2) is 57.6 Å². The van der Waals surface area contributed by atoms with E-state index in [0.29, 0.717) is 0 Å². The molecule has 0 unspecified atom stereocenters. The molecule has 1 aromatic heterocycles. The molecule has 0 saturated carbocycles. The van der Waals surface area contributed by atoms with E-state index in [1.165, 1.54) is 49.6 Å². The molecule has 0 spiro atoms. The minimum Gasteiger partial charge on any atom is -0.341 e. The van der Waals surface area contributed by atoms with Crippen LogP contribution in [0.15, 0.2) is 275 Å². The Kier molecular flexibility index (Phi) is 19.9. The van der Waals surface area contributed by atoms with Crippen molar-refractivity contribution < 1.29 is 0 Å². The van der Waals surface area contributed by atoms with Gasteiger partial charge in [0.05, 0.1) is 0 Å². The van der Waals surface area contributed by atoms with Crippen molar-refractivity contribution in [2.75, 3.05) is 33.1 Å². The van der Waals surface area contributed by atoms with E-state index in [1.54, 1.807) is 21.1 Å². The summed E-state index contributed by atoms with van der Waals surface area (Å²) in [5.74, 6) is 0.257. The number of aryl methyl sites for hydroxylation is 1. The Morgan fingerprint density at radius 1 is 0.425 bits per heavy atom. The fraction of sp³-hybridized carbons (Fsp3) is 0.104. The Balaban J connectivity index is 0.000000144. The lowest BCUT2D eigenvalue weighted by Crippen LogP contribution is -2.09. The number of aromatic nitrogens is 1. The molecule has 0 aliphatic heterocycles. The number of hydrogen-bond acceptors (Lipinski definition) is 5. The van der Waals surface area contributed by atoms with Crippen LogP contribution < -0.4 is 4.90 Å². The standard InChI is InChI=1S/C20H18N2.C16H16N2.C16H15N.C15H15N/c1-21-16-17-12-14-20(15-13-17)22(18-8-4-2-5-9-18)19-10-6-3-7-11-19;1-3-18-15-7-5-4-6-13(15)14-10-12(11-17-2)8-9-16(14)18;1-17-13-12-16(14-8-4-2-5-9-14)15-10-6-3-7-11-15;1-16-12-15(13-8-4-2-5-9-13)14-10-6-3-7-11-14/h2-16H,1H3;4-11H,3H2,1-2H3;2-13H,1H3;2-12,15H,1H3. The first kappa shape index (κ1) is 51.8. The van der Waals surface area contributed by atoms with E-state index < -0.39 is 0 Å². The van der Waals surface area contributed by atoms with Crippen molar-refractivity contribution in [1.82, 2.24) is 4.57 Å². The highest BCUT2D eigenvalue weighted by molar-refractivity contribution is 6.09. The van der Waals surface area contributed by atoms with Gasteiger partial charge in [-0.15, -0.1) is 0 Å². The third kappa shape index (κ3) is 14.3. The lowest BCUT2D eigenvalue weighted by Gasteiger charge is -2.25. The Morgan fingerprint density at radius 3 is 1.33 bits per heavy atom. The third-order valence-corrected chi connectivity index (χ3v) is 12.0. The molecule has 0 saturated heterocycles. The normalized spacial score (nSPS) is 11.0. The van der Waals surface area contributed by atoms with Gasteiger partial charge in [-0.1, -0.05) is 194 Å². The molecule has 10 aromatic rings. The highest BCUT2D eigenvalue weighted by Gasteiger charge is 2.13. The first-order chi connectivity index (χ1) is 36.1. The second kappa shape index (κ2) is 28.0. The van der Waals surface area contributed by atoms with E-state index in [9.17, 15) is 0 Å². The summed E-state index contributed by atoms with van der Waals surface area (Å²) >= 11 is 0. The van der Waals surface area contributed by atoms with Crippen molar-refractivity contribution in [2.45, 2.75) is 19.4 Å². The summed E-state index contributed by atoms with van der Waals surface area (Å²) in [5.41, 5.74) is 14.4. The van der Waals surface area contributed by atoms with Gasteiger partial charge >= 0.3 is 0 Å². The molecule has 0 amide bonds. The van der Waals surface area contributed by atoms with E-state index in [-0.39, 0.29) is 5.92 Å². The van der Waals surface area contributed by atoms with E-state index in [1.807, 2.05) is 74.4 Å². The molecule has 10 rings (SSSR count). The molecule has 9 aromatic carbocycles. The van der Waals surface area contributed by atoms with Crippen molar-refractivity contribution in [3.05, 3.63) is 288 Å². The van der Waals surface area contributed by atoms with E-state index in [4.69, 9.17) is 0 Å². The zero-order valence-corrected chi connectivity index (χ0v) is 42.5. The summed E-state index contributed by atoms with van der Waals surface area (Å²) in [7, 11) is 7.19. The van der Waals surface area contributed by atoms with Crippen LogP contribution >= 0.6 is 0 Å². The molecule has 1 heterocycles. The van der Waals surface area contributed by atoms with Crippen LogP contribution in [-0.2, 0) is 6.54 Å². The zero-order chi connectivity index (χ0) is 50.9. The molecule has 0 radical (unpaired) electrons. The quantitative estimate of drug-likeness (QED) is 0.113. The monoisotopic (exact) mass is 953 g/mol. The van der Waals surface area contributed by atoms with Gasteiger partial charge in [-0.05, 0) is 107 Å². The van der Waals surface area contributed by atoms with Gasteiger partial charge < -0.3 is 9.47 Å². The van der Waals surface area contributed by atoms with Gasteiger partial charge in [-0.2, -0.15) is 0 Å². The summed E-state index contributed by atoms with van der Waals surface area (Å²) < 4.78 is 2.36. The maximum Gasteiger partial charge on any atom is 0.0491 e. The minimum absolute atomic E-state index is 0.257. The molecule has 6 heteroatoms. The van der Waals surface area contributed by atoms with Gasteiger partial charge in [0.25, 0.3) is 0 Å². The summed E-state index contributed by atoms with van der Waals surface area (Å²) in [6.07, 6.45) is 9.63. The average molecular weight is 953 g/mol. The molecule has 0 fully saturated rings. The molecular weight excluding hydrogens is 889 g/mol. The lowest BCUT2D eigenvalue weighted by atomic mass is 9.92. The van der Waals surface area contributed by atoms with Crippen molar-refractivity contribution in [1.29, 1.82) is 0 Å². The first-order valence-electron chi connectivity index (χ1n) is 24.7. The number of nitrogens with zero attached hydrogens (tertiary/aromatic N) is 6. The van der Waals surface area contributed by atoms with Gasteiger partial charge in [0, 0.05) is 104 Å². The second-order valence-corrected chi connectivity index (χ2v) is 16.8. The van der Waals surface area contributed by atoms with Crippen molar-refractivity contribution in [2.24, 2.45) is 20.0 Å². The van der Waals surface area contributed by atoms with Crippen LogP contribution in [0.3, 0.4) is 0 Å². The molecular formula is C67H64N6. The second-order valence-electron chi connectivity index (χ2n) is 16.8. The number of aliphatic imine (C=N–C) groups is 4. The predicted molar refractivity (Wildman–Crippen MR) is 317 cm³/mol. The summed E-state index contributed by atoms with van der Waals surface area (Å²) in [6, 6.07) is 85.9. The van der Waals surface area contributed by atoms with Crippen molar-refractivity contribution in [3.63, 3.8) is 0 Å². The summed E-state index contributed by atoms with van der Waals surface area (Å²) in [4.78, 5) is 18.6.